The van der Waals surface area contributed by atoms with E-state index in [9.17, 15) is 4.79 Å². The maximum absolute atomic E-state index is 11.7. The lowest BCUT2D eigenvalue weighted by Crippen LogP contribution is -2.17. The number of nitrogens with one attached hydrogen (secondary N) is 1. The Morgan fingerprint density at radius 3 is 2.94 bits per heavy atom. The molecule has 0 radical (unpaired) electrons. The van der Waals surface area contributed by atoms with Crippen molar-refractivity contribution in [1.29, 1.82) is 0 Å². The van der Waals surface area contributed by atoms with Crippen LogP contribution in [0.4, 0.5) is 5.69 Å². The zero-order valence-corrected chi connectivity index (χ0v) is 10.9. The molecule has 0 saturated carbocycles. The van der Waals surface area contributed by atoms with Crippen LogP contribution in [0.2, 0.25) is 0 Å². The summed E-state index contributed by atoms with van der Waals surface area (Å²) in [5.41, 5.74) is 7.38. The topological polar surface area (TPSA) is 72.9 Å². The summed E-state index contributed by atoms with van der Waals surface area (Å²) in [5, 5.41) is 7.17. The molecule has 96 valence electrons. The Labute approximate surface area is 102 Å². The molecular formula is C12H22N4O. The summed E-state index contributed by atoms with van der Waals surface area (Å²) in [7, 11) is 1.85. The van der Waals surface area contributed by atoms with Gasteiger partial charge >= 0.3 is 0 Å². The number of nitrogens with two attached hydrogens (primary N) is 1. The molecule has 5 heteroatoms. The van der Waals surface area contributed by atoms with Crippen molar-refractivity contribution in [1.82, 2.24) is 9.78 Å². The minimum atomic E-state index is 0.0355. The Morgan fingerprint density at radius 2 is 2.35 bits per heavy atom. The molecule has 5 nitrogen and oxygen atoms in total. The van der Waals surface area contributed by atoms with Crippen LogP contribution in [0.25, 0.3) is 0 Å². The summed E-state index contributed by atoms with van der Waals surface area (Å²) in [6, 6.07) is 0.160. The first-order valence-electron chi connectivity index (χ1n) is 6.10. The van der Waals surface area contributed by atoms with Crippen LogP contribution < -0.4 is 11.1 Å². The summed E-state index contributed by atoms with van der Waals surface area (Å²) in [6.45, 7) is 3.97. The second kappa shape index (κ2) is 6.39. The Hall–Kier alpha value is -1.36. The van der Waals surface area contributed by atoms with Gasteiger partial charge in [0.1, 0.15) is 0 Å². The van der Waals surface area contributed by atoms with Gasteiger partial charge in [0.15, 0.2) is 0 Å². The van der Waals surface area contributed by atoms with Gasteiger partial charge in [0.2, 0.25) is 5.91 Å². The summed E-state index contributed by atoms with van der Waals surface area (Å²) < 4.78 is 1.72. The average molecular weight is 238 g/mol. The number of nitrogens with zero attached hydrogens (tertiary/aromatic N) is 2. The quantitative estimate of drug-likeness (QED) is 0.787. The second-order valence-electron chi connectivity index (χ2n) is 4.43. The van der Waals surface area contributed by atoms with E-state index < -0.39 is 0 Å². The van der Waals surface area contributed by atoms with Crippen LogP contribution in [-0.2, 0) is 18.3 Å². The molecule has 1 rings (SSSR count). The van der Waals surface area contributed by atoms with E-state index in [4.69, 9.17) is 5.73 Å². The highest BCUT2D eigenvalue weighted by molar-refractivity contribution is 5.91. The molecule has 1 heterocycles. The lowest BCUT2D eigenvalue weighted by molar-refractivity contribution is -0.116. The van der Waals surface area contributed by atoms with Crippen molar-refractivity contribution in [2.24, 2.45) is 12.8 Å². The van der Waals surface area contributed by atoms with Crippen molar-refractivity contribution in [3.8, 4) is 0 Å². The standard InChI is InChI=1S/C12H22N4O/c1-4-10-11(8-16(3)15-10)14-12(17)7-5-6-9(2)13/h8-9H,4-7,13H2,1-3H3,(H,14,17). The first-order valence-corrected chi connectivity index (χ1v) is 6.10. The molecule has 0 spiro atoms. The molecule has 0 aliphatic heterocycles. The van der Waals surface area contributed by atoms with E-state index in [-0.39, 0.29) is 11.9 Å². The average Bonchev–Trinajstić information content (AvgIpc) is 2.58. The van der Waals surface area contributed by atoms with Crippen LogP contribution in [0, 0.1) is 0 Å². The van der Waals surface area contributed by atoms with Crippen LogP contribution in [-0.4, -0.2) is 21.7 Å². The Balaban J connectivity index is 2.44. The molecule has 1 aromatic rings. The van der Waals surface area contributed by atoms with Gasteiger partial charge in [-0.2, -0.15) is 5.10 Å². The van der Waals surface area contributed by atoms with E-state index in [2.05, 4.69) is 10.4 Å². The fraction of sp³-hybridized carbons (Fsp3) is 0.667. The van der Waals surface area contributed by atoms with E-state index in [1.807, 2.05) is 27.1 Å². The third kappa shape index (κ3) is 4.56. The van der Waals surface area contributed by atoms with Crippen LogP contribution in [0.1, 0.15) is 38.8 Å². The first kappa shape index (κ1) is 13.7. The molecule has 3 N–H and O–H groups in total. The van der Waals surface area contributed by atoms with Crippen LogP contribution in [0.3, 0.4) is 0 Å². The first-order chi connectivity index (χ1) is 8.02. The molecule has 1 amide bonds. The number of carbonyl (C=O) groups is 1. The fourth-order valence-corrected chi connectivity index (χ4v) is 1.70. The molecule has 0 saturated heterocycles. The normalized spacial score (nSPS) is 12.5. The SMILES string of the molecule is CCc1nn(C)cc1NC(=O)CCCC(C)N. The third-order valence-corrected chi connectivity index (χ3v) is 2.58. The van der Waals surface area contributed by atoms with Gasteiger partial charge in [-0.25, -0.2) is 0 Å². The summed E-state index contributed by atoms with van der Waals surface area (Å²) >= 11 is 0. The number of aryl methyl sites for hydroxylation is 2. The van der Waals surface area contributed by atoms with Crippen molar-refractivity contribution in [2.45, 2.75) is 45.6 Å². The predicted molar refractivity (Wildman–Crippen MR) is 68.7 cm³/mol. The molecule has 0 aliphatic rings. The number of hydrogen-bond donors (Lipinski definition) is 2. The van der Waals surface area contributed by atoms with E-state index in [0.717, 1.165) is 30.6 Å². The van der Waals surface area contributed by atoms with Crippen LogP contribution in [0.5, 0.6) is 0 Å². The van der Waals surface area contributed by atoms with Crippen LogP contribution in [0.15, 0.2) is 6.20 Å². The van der Waals surface area contributed by atoms with Gasteiger partial charge in [0, 0.05) is 25.7 Å². The van der Waals surface area contributed by atoms with E-state index in [1.54, 1.807) is 4.68 Å². The van der Waals surface area contributed by atoms with Crippen molar-refractivity contribution in [3.05, 3.63) is 11.9 Å². The molecule has 0 aliphatic carbocycles. The monoisotopic (exact) mass is 238 g/mol. The molecule has 1 atom stereocenters. The Bertz CT molecular complexity index is 371. The Kier molecular flexibility index (Phi) is 5.15. The zero-order chi connectivity index (χ0) is 12.8. The third-order valence-electron chi connectivity index (χ3n) is 2.58. The highest BCUT2D eigenvalue weighted by Crippen LogP contribution is 2.14. The van der Waals surface area contributed by atoms with Gasteiger partial charge in [-0.1, -0.05) is 6.92 Å². The lowest BCUT2D eigenvalue weighted by atomic mass is 10.1. The summed E-state index contributed by atoms with van der Waals surface area (Å²) in [6.07, 6.45) is 4.87. The van der Waals surface area contributed by atoms with Gasteiger partial charge < -0.3 is 11.1 Å². The van der Waals surface area contributed by atoms with E-state index in [0.29, 0.717) is 6.42 Å². The predicted octanol–water partition coefficient (Wildman–Crippen LogP) is 1.44. The molecule has 0 bridgehead atoms. The lowest BCUT2D eigenvalue weighted by Gasteiger charge is -2.06. The smallest absolute Gasteiger partial charge is 0.224 e. The number of rotatable bonds is 6. The number of hydrogen-bond acceptors (Lipinski definition) is 3. The number of carbonyl (C=O) groups excluding carboxylic acids is 1. The van der Waals surface area contributed by atoms with Crippen molar-refractivity contribution in [3.63, 3.8) is 0 Å². The number of anilines is 1. The molecular weight excluding hydrogens is 216 g/mol. The fourth-order valence-electron chi connectivity index (χ4n) is 1.70. The number of amides is 1. The zero-order valence-electron chi connectivity index (χ0n) is 10.9. The second-order valence-corrected chi connectivity index (χ2v) is 4.43. The van der Waals surface area contributed by atoms with Crippen molar-refractivity contribution < 1.29 is 4.79 Å². The van der Waals surface area contributed by atoms with Gasteiger partial charge in [-0.15, -0.1) is 0 Å². The van der Waals surface area contributed by atoms with Crippen molar-refractivity contribution in [2.75, 3.05) is 5.32 Å². The van der Waals surface area contributed by atoms with Gasteiger partial charge in [-0.05, 0) is 26.2 Å². The van der Waals surface area contributed by atoms with E-state index >= 15 is 0 Å². The Morgan fingerprint density at radius 1 is 1.65 bits per heavy atom. The highest BCUT2D eigenvalue weighted by atomic mass is 16.1. The van der Waals surface area contributed by atoms with Crippen molar-refractivity contribution >= 4 is 11.6 Å². The minimum Gasteiger partial charge on any atom is -0.328 e. The molecule has 17 heavy (non-hydrogen) atoms. The van der Waals surface area contributed by atoms with Gasteiger partial charge in [0.25, 0.3) is 0 Å². The molecule has 1 unspecified atom stereocenters. The maximum Gasteiger partial charge on any atom is 0.224 e. The summed E-state index contributed by atoms with van der Waals surface area (Å²) in [4.78, 5) is 11.7. The largest absolute Gasteiger partial charge is 0.328 e. The molecule has 1 aromatic heterocycles. The molecule has 0 fully saturated rings. The molecule has 0 aromatic carbocycles. The number of aromatic nitrogens is 2. The van der Waals surface area contributed by atoms with Crippen LogP contribution >= 0.6 is 0 Å². The van der Waals surface area contributed by atoms with Gasteiger partial charge in [0.05, 0.1) is 11.4 Å². The minimum absolute atomic E-state index is 0.0355. The maximum atomic E-state index is 11.7. The van der Waals surface area contributed by atoms with Gasteiger partial charge in [-0.3, -0.25) is 9.48 Å². The van der Waals surface area contributed by atoms with E-state index in [1.165, 1.54) is 0 Å². The highest BCUT2D eigenvalue weighted by Gasteiger charge is 2.09. The summed E-state index contributed by atoms with van der Waals surface area (Å²) in [5.74, 6) is 0.0355.